The maximum Gasteiger partial charge on any atom is 0.244 e. The molecule has 0 atom stereocenters. The molecule has 0 fully saturated rings. The third kappa shape index (κ3) is 3.64. The second-order valence-corrected chi connectivity index (χ2v) is 6.88. The molecule has 0 unspecified atom stereocenters. The van der Waals surface area contributed by atoms with Crippen LogP contribution in [0.15, 0.2) is 21.6 Å². The van der Waals surface area contributed by atoms with E-state index in [-0.39, 0.29) is 10.0 Å². The molecule has 0 aromatic carbocycles. The topological polar surface area (TPSA) is 50.3 Å². The number of pyridine rings is 1. The van der Waals surface area contributed by atoms with Gasteiger partial charge >= 0.3 is 0 Å². The Labute approximate surface area is 115 Å². The first kappa shape index (κ1) is 14.9. The maximum atomic E-state index is 12.1. The van der Waals surface area contributed by atoms with Gasteiger partial charge in [0.1, 0.15) is 10.0 Å². The molecule has 0 saturated heterocycles. The molecule has 1 rings (SSSR count). The molecule has 0 radical (unpaired) electrons. The van der Waals surface area contributed by atoms with E-state index in [9.17, 15) is 8.42 Å². The summed E-state index contributed by atoms with van der Waals surface area (Å²) in [5, 5.41) is 0.250. The minimum Gasteiger partial charge on any atom is -0.242 e. The van der Waals surface area contributed by atoms with E-state index in [1.54, 1.807) is 7.05 Å². The monoisotopic (exact) mass is 340 g/mol. The van der Waals surface area contributed by atoms with Crippen molar-refractivity contribution in [3.63, 3.8) is 0 Å². The first-order chi connectivity index (χ1) is 7.89. The van der Waals surface area contributed by atoms with Crippen LogP contribution in [0.5, 0.6) is 0 Å². The number of rotatable bonds is 5. The van der Waals surface area contributed by atoms with Crippen LogP contribution in [0.3, 0.4) is 0 Å². The van der Waals surface area contributed by atoms with Gasteiger partial charge in [-0.1, -0.05) is 24.9 Å². The summed E-state index contributed by atoms with van der Waals surface area (Å²) in [7, 11) is -1.91. The SMILES string of the molecule is CCCCN(C)S(=O)(=O)c1cnc(Cl)c(Br)c1. The van der Waals surface area contributed by atoms with Gasteiger partial charge in [-0.3, -0.25) is 0 Å². The molecular formula is C10H14BrClN2O2S. The van der Waals surface area contributed by atoms with Gasteiger partial charge in [0.15, 0.2) is 0 Å². The van der Waals surface area contributed by atoms with Gasteiger partial charge < -0.3 is 0 Å². The van der Waals surface area contributed by atoms with Gasteiger partial charge in [-0.2, -0.15) is 0 Å². The Kier molecular flexibility index (Phi) is 5.37. The number of halogens is 2. The minimum absolute atomic E-state index is 0.146. The fourth-order valence-electron chi connectivity index (χ4n) is 1.23. The number of hydrogen-bond donors (Lipinski definition) is 0. The molecule has 0 aliphatic rings. The van der Waals surface area contributed by atoms with Crippen molar-refractivity contribution in [2.75, 3.05) is 13.6 Å². The first-order valence-electron chi connectivity index (χ1n) is 5.17. The summed E-state index contributed by atoms with van der Waals surface area (Å²) >= 11 is 8.89. The second kappa shape index (κ2) is 6.13. The van der Waals surface area contributed by atoms with Gasteiger partial charge in [0.05, 0.1) is 4.47 Å². The maximum absolute atomic E-state index is 12.1. The molecule has 1 aromatic rings. The van der Waals surface area contributed by atoms with E-state index < -0.39 is 10.0 Å². The van der Waals surface area contributed by atoms with Gasteiger partial charge in [0, 0.05) is 19.8 Å². The van der Waals surface area contributed by atoms with Gasteiger partial charge in [-0.25, -0.2) is 17.7 Å². The summed E-state index contributed by atoms with van der Waals surface area (Å²) in [5.41, 5.74) is 0. The van der Waals surface area contributed by atoms with Crippen LogP contribution in [0, 0.1) is 0 Å². The quantitative estimate of drug-likeness (QED) is 0.774. The molecule has 1 aromatic heterocycles. The van der Waals surface area contributed by atoms with E-state index in [1.165, 1.54) is 16.6 Å². The summed E-state index contributed by atoms with van der Waals surface area (Å²) in [6.07, 6.45) is 3.05. The number of hydrogen-bond acceptors (Lipinski definition) is 3. The van der Waals surface area contributed by atoms with E-state index in [0.717, 1.165) is 12.8 Å². The van der Waals surface area contributed by atoms with Crippen molar-refractivity contribution in [3.05, 3.63) is 21.9 Å². The van der Waals surface area contributed by atoms with Gasteiger partial charge in [0.25, 0.3) is 0 Å². The van der Waals surface area contributed by atoms with Crippen LogP contribution in [-0.4, -0.2) is 31.3 Å². The third-order valence-corrected chi connectivity index (χ3v) is 5.26. The molecule has 17 heavy (non-hydrogen) atoms. The summed E-state index contributed by atoms with van der Waals surface area (Å²) in [6.45, 7) is 2.51. The van der Waals surface area contributed by atoms with Crippen molar-refractivity contribution in [1.29, 1.82) is 0 Å². The lowest BCUT2D eigenvalue weighted by Gasteiger charge is -2.16. The molecular weight excluding hydrogens is 328 g/mol. The highest BCUT2D eigenvalue weighted by Crippen LogP contribution is 2.24. The highest BCUT2D eigenvalue weighted by molar-refractivity contribution is 9.10. The van der Waals surface area contributed by atoms with Crippen LogP contribution < -0.4 is 0 Å². The van der Waals surface area contributed by atoms with Gasteiger partial charge in [-0.15, -0.1) is 0 Å². The molecule has 0 spiro atoms. The molecule has 4 nitrogen and oxygen atoms in total. The van der Waals surface area contributed by atoms with E-state index in [2.05, 4.69) is 20.9 Å². The smallest absolute Gasteiger partial charge is 0.242 e. The van der Waals surface area contributed by atoms with Crippen molar-refractivity contribution in [2.24, 2.45) is 0 Å². The Balaban J connectivity index is 3.00. The van der Waals surface area contributed by atoms with Crippen molar-refractivity contribution in [1.82, 2.24) is 9.29 Å². The predicted molar refractivity (Wildman–Crippen MR) is 71.7 cm³/mol. The fourth-order valence-corrected chi connectivity index (χ4v) is 3.01. The number of nitrogens with zero attached hydrogens (tertiary/aromatic N) is 2. The van der Waals surface area contributed by atoms with E-state index in [0.29, 0.717) is 11.0 Å². The molecule has 0 saturated carbocycles. The Bertz CT molecular complexity index is 493. The van der Waals surface area contributed by atoms with Crippen LogP contribution in [0.2, 0.25) is 5.15 Å². The Morgan fingerprint density at radius 1 is 1.53 bits per heavy atom. The van der Waals surface area contributed by atoms with Gasteiger partial charge in [0.2, 0.25) is 10.0 Å². The lowest BCUT2D eigenvalue weighted by Crippen LogP contribution is -2.28. The van der Waals surface area contributed by atoms with Crippen LogP contribution in [0.1, 0.15) is 19.8 Å². The largest absolute Gasteiger partial charge is 0.244 e. The fraction of sp³-hybridized carbons (Fsp3) is 0.500. The first-order valence-corrected chi connectivity index (χ1v) is 7.78. The summed E-state index contributed by atoms with van der Waals surface area (Å²) in [5.74, 6) is 0. The minimum atomic E-state index is -3.47. The van der Waals surface area contributed by atoms with E-state index >= 15 is 0 Å². The van der Waals surface area contributed by atoms with Crippen LogP contribution >= 0.6 is 27.5 Å². The standard InChI is InChI=1S/C10H14BrClN2O2S/c1-3-4-5-14(2)17(15,16)8-6-9(11)10(12)13-7-8/h6-7H,3-5H2,1-2H3. The van der Waals surface area contributed by atoms with E-state index in [1.807, 2.05) is 6.92 Å². The Hall–Kier alpha value is -0.170. The zero-order valence-electron chi connectivity index (χ0n) is 9.65. The highest BCUT2D eigenvalue weighted by Gasteiger charge is 2.21. The Morgan fingerprint density at radius 3 is 2.71 bits per heavy atom. The number of aromatic nitrogens is 1. The van der Waals surface area contributed by atoms with Crippen LogP contribution in [0.25, 0.3) is 0 Å². The molecule has 0 aliphatic carbocycles. The van der Waals surface area contributed by atoms with Crippen molar-refractivity contribution >= 4 is 37.6 Å². The molecule has 96 valence electrons. The average molecular weight is 342 g/mol. The second-order valence-electron chi connectivity index (χ2n) is 3.62. The Morgan fingerprint density at radius 2 is 2.18 bits per heavy atom. The zero-order chi connectivity index (χ0) is 13.1. The zero-order valence-corrected chi connectivity index (χ0v) is 12.8. The lowest BCUT2D eigenvalue weighted by atomic mass is 10.3. The molecule has 0 amide bonds. The van der Waals surface area contributed by atoms with Crippen LogP contribution in [0.4, 0.5) is 0 Å². The normalized spacial score (nSPS) is 12.1. The third-order valence-electron chi connectivity index (χ3n) is 2.31. The van der Waals surface area contributed by atoms with Crippen molar-refractivity contribution < 1.29 is 8.42 Å². The highest BCUT2D eigenvalue weighted by atomic mass is 79.9. The van der Waals surface area contributed by atoms with E-state index in [4.69, 9.17) is 11.6 Å². The van der Waals surface area contributed by atoms with Crippen molar-refractivity contribution in [3.8, 4) is 0 Å². The number of sulfonamides is 1. The predicted octanol–water partition coefficient (Wildman–Crippen LogP) is 2.92. The molecule has 0 aliphatic heterocycles. The molecule has 0 bridgehead atoms. The average Bonchev–Trinajstić information content (AvgIpc) is 2.29. The summed E-state index contributed by atoms with van der Waals surface area (Å²) < 4.78 is 26.1. The molecule has 0 N–H and O–H groups in total. The summed E-state index contributed by atoms with van der Waals surface area (Å²) in [6, 6.07) is 1.47. The van der Waals surface area contributed by atoms with Gasteiger partial charge in [-0.05, 0) is 28.4 Å². The molecule has 1 heterocycles. The van der Waals surface area contributed by atoms with Crippen LogP contribution in [-0.2, 0) is 10.0 Å². The van der Waals surface area contributed by atoms with Crippen molar-refractivity contribution in [2.45, 2.75) is 24.7 Å². The summed E-state index contributed by atoms with van der Waals surface area (Å²) in [4.78, 5) is 3.97. The lowest BCUT2D eigenvalue weighted by molar-refractivity contribution is 0.459. The number of unbranched alkanes of at least 4 members (excludes halogenated alkanes) is 1. The molecule has 7 heteroatoms.